The molecule has 7 nitrogen and oxygen atoms in total. The average molecular weight is 260 g/mol. The van der Waals surface area contributed by atoms with Gasteiger partial charge in [0.05, 0.1) is 13.2 Å². The van der Waals surface area contributed by atoms with Crippen molar-refractivity contribution in [3.05, 3.63) is 0 Å². The Morgan fingerprint density at radius 2 is 1.88 bits per heavy atom. The maximum atomic E-state index is 9.51. The highest BCUT2D eigenvalue weighted by atomic mass is 35.5. The molecule has 1 fully saturated rings. The molecule has 6 N–H and O–H groups in total. The van der Waals surface area contributed by atoms with Crippen molar-refractivity contribution in [2.75, 3.05) is 26.3 Å². The van der Waals surface area contributed by atoms with E-state index in [-0.39, 0.29) is 25.6 Å². The number of ether oxygens (including phenoxy) is 1. The van der Waals surface area contributed by atoms with Crippen LogP contribution in [0.1, 0.15) is 0 Å². The molecule has 0 bridgehead atoms. The first-order valence-electron chi connectivity index (χ1n) is 4.74. The number of rotatable bonds is 5. The van der Waals surface area contributed by atoms with Gasteiger partial charge in [0.1, 0.15) is 18.3 Å². The maximum Gasteiger partial charge on any atom is 0.219 e. The molecule has 0 spiro atoms. The van der Waals surface area contributed by atoms with Gasteiger partial charge in [0.15, 0.2) is 0 Å². The van der Waals surface area contributed by atoms with Crippen LogP contribution in [0.15, 0.2) is 0 Å². The van der Waals surface area contributed by atoms with Gasteiger partial charge in [-0.3, -0.25) is 0 Å². The third kappa shape index (κ3) is 3.25. The summed E-state index contributed by atoms with van der Waals surface area (Å²) in [4.78, 5) is 0. The molecule has 0 aliphatic carbocycles. The lowest BCUT2D eigenvalue weighted by Gasteiger charge is -2.22. The van der Waals surface area contributed by atoms with Crippen molar-refractivity contribution in [2.45, 2.75) is 24.1 Å². The molecule has 1 rings (SSSR count). The van der Waals surface area contributed by atoms with Gasteiger partial charge in [-0.05, 0) is 0 Å². The molecule has 1 heterocycles. The molecule has 8 heteroatoms. The zero-order valence-corrected chi connectivity index (χ0v) is 9.43. The normalized spacial score (nSPS) is 38.4. The molecule has 16 heavy (non-hydrogen) atoms. The highest BCUT2D eigenvalue weighted by molar-refractivity contribution is 5.85. The lowest BCUT2D eigenvalue weighted by atomic mass is 10.1. The van der Waals surface area contributed by atoms with Crippen molar-refractivity contribution in [3.8, 4) is 0 Å². The van der Waals surface area contributed by atoms with Gasteiger partial charge < -0.3 is 35.6 Å². The minimum Gasteiger partial charge on any atom is -0.395 e. The molecule has 0 aromatic rings. The van der Waals surface area contributed by atoms with Crippen LogP contribution in [0.25, 0.3) is 0 Å². The number of hydrogen-bond donors (Lipinski definition) is 6. The van der Waals surface area contributed by atoms with Crippen molar-refractivity contribution in [1.82, 2.24) is 5.32 Å². The first-order chi connectivity index (χ1) is 7.05. The van der Waals surface area contributed by atoms with Crippen molar-refractivity contribution in [1.29, 1.82) is 0 Å². The molecule has 0 aromatic carbocycles. The predicted molar refractivity (Wildman–Crippen MR) is 56.1 cm³/mol. The van der Waals surface area contributed by atoms with Crippen molar-refractivity contribution >= 4 is 12.4 Å². The Labute approximate surface area is 99.1 Å². The van der Waals surface area contributed by atoms with Gasteiger partial charge in [-0.15, -0.1) is 12.4 Å². The summed E-state index contributed by atoms with van der Waals surface area (Å²) < 4.78 is 4.93. The fourth-order valence-corrected chi connectivity index (χ4v) is 1.49. The van der Waals surface area contributed by atoms with Crippen molar-refractivity contribution in [2.24, 2.45) is 0 Å². The van der Waals surface area contributed by atoms with Crippen LogP contribution in [0.2, 0.25) is 0 Å². The van der Waals surface area contributed by atoms with E-state index in [4.69, 9.17) is 14.9 Å². The summed E-state index contributed by atoms with van der Waals surface area (Å²) in [6, 6.07) is 0. The zero-order valence-electron chi connectivity index (χ0n) is 8.61. The van der Waals surface area contributed by atoms with Crippen molar-refractivity contribution in [3.63, 3.8) is 0 Å². The van der Waals surface area contributed by atoms with E-state index in [0.717, 1.165) is 0 Å². The third-order valence-electron chi connectivity index (χ3n) is 2.38. The van der Waals surface area contributed by atoms with E-state index in [2.05, 4.69) is 5.32 Å². The Morgan fingerprint density at radius 1 is 1.25 bits per heavy atom. The highest BCUT2D eigenvalue weighted by Crippen LogP contribution is 2.28. The molecule has 0 aromatic heterocycles. The minimum atomic E-state index is -2.11. The Morgan fingerprint density at radius 3 is 2.31 bits per heavy atom. The van der Waals surface area contributed by atoms with Crippen LogP contribution in [-0.4, -0.2) is 75.9 Å². The Balaban J connectivity index is 0.00000225. The second kappa shape index (κ2) is 6.67. The Kier molecular flexibility index (Phi) is 6.68. The molecular weight excluding hydrogens is 242 g/mol. The number of hydrogen-bond acceptors (Lipinski definition) is 7. The fourth-order valence-electron chi connectivity index (χ4n) is 1.49. The number of aliphatic hydroxyl groups is 5. The summed E-state index contributed by atoms with van der Waals surface area (Å²) in [6.07, 6.45) is -3.62. The van der Waals surface area contributed by atoms with Crippen LogP contribution >= 0.6 is 12.4 Å². The van der Waals surface area contributed by atoms with Crippen LogP contribution in [0.5, 0.6) is 0 Å². The lowest BCUT2D eigenvalue weighted by Crippen LogP contribution is -2.46. The van der Waals surface area contributed by atoms with Gasteiger partial charge in [0.2, 0.25) is 5.79 Å². The summed E-state index contributed by atoms with van der Waals surface area (Å²) in [5, 5.41) is 48.4. The molecule has 1 saturated heterocycles. The summed E-state index contributed by atoms with van der Waals surface area (Å²) in [6.45, 7) is -0.362. The van der Waals surface area contributed by atoms with E-state index < -0.39 is 30.7 Å². The van der Waals surface area contributed by atoms with Gasteiger partial charge in [-0.25, -0.2) is 0 Å². The molecular formula is C8H18ClNO6. The zero-order chi connectivity index (χ0) is 11.5. The quantitative estimate of drug-likeness (QED) is 0.287. The van der Waals surface area contributed by atoms with E-state index in [9.17, 15) is 15.3 Å². The molecule has 4 atom stereocenters. The average Bonchev–Trinajstić information content (AvgIpc) is 2.45. The van der Waals surface area contributed by atoms with Crippen LogP contribution in [0, 0.1) is 0 Å². The van der Waals surface area contributed by atoms with Gasteiger partial charge in [-0.2, -0.15) is 0 Å². The number of nitrogens with one attached hydrogen (secondary N) is 1. The smallest absolute Gasteiger partial charge is 0.219 e. The molecule has 0 amide bonds. The molecule has 0 saturated carbocycles. The fraction of sp³-hybridized carbons (Fsp3) is 1.00. The lowest BCUT2D eigenvalue weighted by molar-refractivity contribution is -0.245. The monoisotopic (exact) mass is 259 g/mol. The third-order valence-corrected chi connectivity index (χ3v) is 2.38. The Hall–Kier alpha value is 0.01000. The van der Waals surface area contributed by atoms with E-state index in [1.165, 1.54) is 0 Å². The second-order valence-corrected chi connectivity index (χ2v) is 3.52. The molecule has 1 aliphatic heterocycles. The maximum absolute atomic E-state index is 9.51. The number of halogens is 1. The number of aliphatic hydroxyl groups excluding tert-OH is 4. The van der Waals surface area contributed by atoms with Gasteiger partial charge in [-0.1, -0.05) is 0 Å². The molecule has 0 unspecified atom stereocenters. The van der Waals surface area contributed by atoms with E-state index >= 15 is 0 Å². The van der Waals surface area contributed by atoms with E-state index in [1.807, 2.05) is 0 Å². The van der Waals surface area contributed by atoms with E-state index in [0.29, 0.717) is 6.54 Å². The van der Waals surface area contributed by atoms with Crippen molar-refractivity contribution < 1.29 is 30.3 Å². The van der Waals surface area contributed by atoms with Crippen LogP contribution in [0.4, 0.5) is 0 Å². The van der Waals surface area contributed by atoms with Gasteiger partial charge in [0, 0.05) is 13.1 Å². The van der Waals surface area contributed by atoms with Crippen LogP contribution in [-0.2, 0) is 4.74 Å². The largest absolute Gasteiger partial charge is 0.395 e. The summed E-state index contributed by atoms with van der Waals surface area (Å²) in [7, 11) is 0. The SMILES string of the molecule is Cl.OCCNC[C@@H]1O[C@](O)(CO)[C@@H](O)[C@@H]1O. The summed E-state index contributed by atoms with van der Waals surface area (Å²) >= 11 is 0. The van der Waals surface area contributed by atoms with Crippen LogP contribution in [0.3, 0.4) is 0 Å². The van der Waals surface area contributed by atoms with Gasteiger partial charge in [0.25, 0.3) is 0 Å². The molecule has 0 radical (unpaired) electrons. The standard InChI is InChI=1S/C8H17NO6.ClH/c10-2-1-9-3-5-6(12)7(13)8(14,4-11)15-5;/h5-7,9-14H,1-4H2;1H/t5-,6+,7-,8+;/m0./s1. The summed E-state index contributed by atoms with van der Waals surface area (Å²) in [5.41, 5.74) is 0. The van der Waals surface area contributed by atoms with Gasteiger partial charge >= 0.3 is 0 Å². The highest BCUT2D eigenvalue weighted by Gasteiger charge is 2.52. The second-order valence-electron chi connectivity index (χ2n) is 3.52. The first-order valence-corrected chi connectivity index (χ1v) is 4.74. The molecule has 1 aliphatic rings. The van der Waals surface area contributed by atoms with Crippen LogP contribution < -0.4 is 5.32 Å². The van der Waals surface area contributed by atoms with E-state index in [1.54, 1.807) is 0 Å². The predicted octanol–water partition coefficient (Wildman–Crippen LogP) is -3.21. The Bertz CT molecular complexity index is 209. The summed E-state index contributed by atoms with van der Waals surface area (Å²) in [5.74, 6) is -2.11. The topological polar surface area (TPSA) is 122 Å². The first kappa shape index (κ1) is 16.0. The minimum absolute atomic E-state index is 0. The molecule has 98 valence electrons.